The van der Waals surface area contributed by atoms with Crippen LogP contribution in [0.2, 0.25) is 0 Å². The third-order valence-corrected chi connectivity index (χ3v) is 7.13. The quantitative estimate of drug-likeness (QED) is 0.651. The van der Waals surface area contributed by atoms with Gasteiger partial charge in [0.1, 0.15) is 11.5 Å². The summed E-state index contributed by atoms with van der Waals surface area (Å²) in [5, 5.41) is 26.6. The highest BCUT2D eigenvalue weighted by atomic mass is 32.2. The summed E-state index contributed by atoms with van der Waals surface area (Å²) in [6.45, 7) is 4.02. The Hall–Kier alpha value is -1.49. The molecule has 0 radical (unpaired) electrons. The zero-order valence-electron chi connectivity index (χ0n) is 15.4. The summed E-state index contributed by atoms with van der Waals surface area (Å²) in [6, 6.07) is 4.40. The molecule has 3 heterocycles. The second kappa shape index (κ2) is 8.26. The van der Waals surface area contributed by atoms with E-state index in [4.69, 9.17) is 9.39 Å². The standard InChI is InChI=1S/C17H23BN4O3S2/c1-10-13(24-2)4-3-11-9-14(18(23)25-15(10)11)26-17-22-21-16(27-17)20-12-5-7-19-8-6-12/h3-4,12,14,19,23H,5-9H2,1-2H3,(H,20,21)/t14-/m0/s1. The molecule has 0 amide bonds. The van der Waals surface area contributed by atoms with E-state index in [1.807, 2.05) is 19.1 Å². The van der Waals surface area contributed by atoms with Gasteiger partial charge in [0.05, 0.1) is 12.3 Å². The lowest BCUT2D eigenvalue weighted by molar-refractivity contribution is 0.382. The Morgan fingerprint density at radius 1 is 1.37 bits per heavy atom. The Morgan fingerprint density at radius 3 is 2.96 bits per heavy atom. The highest BCUT2D eigenvalue weighted by Crippen LogP contribution is 2.40. The van der Waals surface area contributed by atoms with Crippen molar-refractivity contribution < 1.29 is 14.4 Å². The number of fused-ring (bicyclic) bond motifs is 1. The number of piperidine rings is 1. The van der Waals surface area contributed by atoms with Crippen molar-refractivity contribution in [1.82, 2.24) is 15.5 Å². The van der Waals surface area contributed by atoms with Gasteiger partial charge in [0, 0.05) is 11.6 Å². The lowest BCUT2D eigenvalue weighted by Crippen LogP contribution is -2.40. The molecule has 1 saturated heterocycles. The lowest BCUT2D eigenvalue weighted by atomic mass is 9.77. The molecule has 144 valence electrons. The molecule has 1 aromatic heterocycles. The monoisotopic (exact) mass is 406 g/mol. The van der Waals surface area contributed by atoms with Crippen molar-refractivity contribution in [2.75, 3.05) is 25.5 Å². The number of benzene rings is 1. The topological polar surface area (TPSA) is 88.5 Å². The largest absolute Gasteiger partial charge is 0.537 e. The summed E-state index contributed by atoms with van der Waals surface area (Å²) in [6.07, 6.45) is 2.90. The van der Waals surface area contributed by atoms with Gasteiger partial charge in [-0.1, -0.05) is 29.2 Å². The maximum absolute atomic E-state index is 10.5. The smallest absolute Gasteiger partial charge is 0.535 e. The van der Waals surface area contributed by atoms with Gasteiger partial charge in [-0.3, -0.25) is 0 Å². The summed E-state index contributed by atoms with van der Waals surface area (Å²) in [7, 11) is 0.746. The number of rotatable bonds is 5. The fourth-order valence-electron chi connectivity index (χ4n) is 3.48. The second-order valence-electron chi connectivity index (χ2n) is 6.79. The van der Waals surface area contributed by atoms with Crippen molar-refractivity contribution in [3.63, 3.8) is 0 Å². The van der Waals surface area contributed by atoms with Crippen molar-refractivity contribution >= 4 is 35.3 Å². The molecule has 10 heteroatoms. The number of nitrogens with one attached hydrogen (secondary N) is 2. The normalized spacial score (nSPS) is 20.1. The van der Waals surface area contributed by atoms with Crippen molar-refractivity contribution in [1.29, 1.82) is 0 Å². The molecule has 0 saturated carbocycles. The molecule has 0 bridgehead atoms. The van der Waals surface area contributed by atoms with Gasteiger partial charge in [-0.15, -0.1) is 10.2 Å². The molecule has 3 N–H and O–H groups in total. The maximum atomic E-state index is 10.5. The first-order chi connectivity index (χ1) is 13.1. The van der Waals surface area contributed by atoms with Gasteiger partial charge < -0.3 is 25.0 Å². The molecule has 0 unspecified atom stereocenters. The van der Waals surface area contributed by atoms with E-state index in [2.05, 4.69) is 20.8 Å². The van der Waals surface area contributed by atoms with E-state index in [0.29, 0.717) is 12.5 Å². The van der Waals surface area contributed by atoms with Crippen LogP contribution in [0.5, 0.6) is 11.5 Å². The molecule has 1 atom stereocenters. The molecule has 2 aromatic rings. The number of nitrogens with zero attached hydrogens (tertiary/aromatic N) is 2. The van der Waals surface area contributed by atoms with Crippen LogP contribution in [-0.4, -0.2) is 53.7 Å². The average Bonchev–Trinajstić information content (AvgIpc) is 3.11. The molecule has 1 fully saturated rings. The van der Waals surface area contributed by atoms with Crippen LogP contribution in [0, 0.1) is 6.92 Å². The van der Waals surface area contributed by atoms with Crippen molar-refractivity contribution in [3.8, 4) is 11.5 Å². The van der Waals surface area contributed by atoms with E-state index < -0.39 is 7.12 Å². The molecule has 27 heavy (non-hydrogen) atoms. The highest BCUT2D eigenvalue weighted by molar-refractivity contribution is 8.02. The molecular formula is C17H23BN4O3S2. The van der Waals surface area contributed by atoms with E-state index in [-0.39, 0.29) is 5.15 Å². The van der Waals surface area contributed by atoms with Crippen LogP contribution in [-0.2, 0) is 6.42 Å². The Balaban J connectivity index is 1.42. The van der Waals surface area contributed by atoms with Crippen molar-refractivity contribution in [3.05, 3.63) is 23.3 Å². The van der Waals surface area contributed by atoms with Gasteiger partial charge >= 0.3 is 7.12 Å². The third kappa shape index (κ3) is 4.18. The third-order valence-electron chi connectivity index (χ3n) is 4.96. The van der Waals surface area contributed by atoms with Crippen molar-refractivity contribution in [2.24, 2.45) is 0 Å². The molecular weight excluding hydrogens is 383 g/mol. The van der Waals surface area contributed by atoms with Crippen LogP contribution in [0.3, 0.4) is 0 Å². The first-order valence-corrected chi connectivity index (χ1v) is 10.8. The van der Waals surface area contributed by atoms with Gasteiger partial charge in [-0.25, -0.2) is 0 Å². The lowest BCUT2D eigenvalue weighted by Gasteiger charge is -2.28. The van der Waals surface area contributed by atoms with E-state index >= 15 is 0 Å². The zero-order chi connectivity index (χ0) is 18.8. The van der Waals surface area contributed by atoms with Crippen LogP contribution < -0.4 is 20.0 Å². The van der Waals surface area contributed by atoms with E-state index in [0.717, 1.165) is 58.0 Å². The summed E-state index contributed by atoms with van der Waals surface area (Å²) in [4.78, 5) is 0. The fraction of sp³-hybridized carbons (Fsp3) is 0.529. The molecule has 2 aliphatic rings. The molecule has 1 aromatic carbocycles. The minimum atomic E-state index is -0.891. The summed E-state index contributed by atoms with van der Waals surface area (Å²) in [5.41, 5.74) is 2.00. The number of thioether (sulfide) groups is 1. The van der Waals surface area contributed by atoms with E-state index in [9.17, 15) is 5.02 Å². The highest BCUT2D eigenvalue weighted by Gasteiger charge is 2.37. The first-order valence-electron chi connectivity index (χ1n) is 9.12. The minimum absolute atomic E-state index is 0.120. The first kappa shape index (κ1) is 18.9. The number of hydrogen-bond acceptors (Lipinski definition) is 9. The molecule has 4 rings (SSSR count). The SMILES string of the molecule is COc1ccc2c(c1C)OB(O)[C@@H](Sc1nnc(NC3CCNCC3)s1)C2. The van der Waals surface area contributed by atoms with Gasteiger partial charge in [0.25, 0.3) is 0 Å². The molecule has 0 aliphatic carbocycles. The minimum Gasteiger partial charge on any atom is -0.535 e. The maximum Gasteiger partial charge on any atom is 0.537 e. The summed E-state index contributed by atoms with van der Waals surface area (Å²) >= 11 is 3.06. The fourth-order valence-corrected chi connectivity index (χ4v) is 5.61. The van der Waals surface area contributed by atoms with Gasteiger partial charge in [-0.05, 0) is 50.9 Å². The molecule has 2 aliphatic heterocycles. The predicted molar refractivity (Wildman–Crippen MR) is 109 cm³/mol. The summed E-state index contributed by atoms with van der Waals surface area (Å²) < 4.78 is 12.0. The van der Waals surface area contributed by atoms with Crippen LogP contribution in [0.4, 0.5) is 5.13 Å². The number of aromatic nitrogens is 2. The Bertz CT molecular complexity index is 800. The Morgan fingerprint density at radius 2 is 2.19 bits per heavy atom. The van der Waals surface area contributed by atoms with Crippen LogP contribution in [0.1, 0.15) is 24.0 Å². The van der Waals surface area contributed by atoms with Gasteiger partial charge in [0.15, 0.2) is 4.34 Å². The van der Waals surface area contributed by atoms with E-state index in [1.165, 1.54) is 23.1 Å². The number of methoxy groups -OCH3 is 1. The Labute approximate surface area is 167 Å². The van der Waals surface area contributed by atoms with E-state index in [1.54, 1.807) is 7.11 Å². The van der Waals surface area contributed by atoms with Crippen LogP contribution in [0.25, 0.3) is 0 Å². The van der Waals surface area contributed by atoms with Crippen molar-refractivity contribution in [2.45, 2.75) is 41.7 Å². The summed E-state index contributed by atoms with van der Waals surface area (Å²) in [5.74, 6) is 1.49. The number of anilines is 1. The van der Waals surface area contributed by atoms with Crippen LogP contribution in [0.15, 0.2) is 16.5 Å². The molecule has 0 spiro atoms. The predicted octanol–water partition coefficient (Wildman–Crippen LogP) is 2.13. The second-order valence-corrected chi connectivity index (χ2v) is 9.26. The van der Waals surface area contributed by atoms with Gasteiger partial charge in [0.2, 0.25) is 5.13 Å². The van der Waals surface area contributed by atoms with Gasteiger partial charge in [-0.2, -0.15) is 0 Å². The van der Waals surface area contributed by atoms with Crippen LogP contribution >= 0.6 is 23.1 Å². The Kier molecular flexibility index (Phi) is 5.77. The zero-order valence-corrected chi connectivity index (χ0v) is 17.0. The number of ether oxygens (including phenoxy) is 1. The number of hydrogen-bond donors (Lipinski definition) is 3. The molecule has 7 nitrogen and oxygen atoms in total. The average molecular weight is 406 g/mol.